The molecule has 0 heterocycles. The Bertz CT molecular complexity index is 1520. The topological polar surface area (TPSA) is 64.7 Å². The van der Waals surface area contributed by atoms with Gasteiger partial charge in [0.1, 0.15) is 0 Å². The molecule has 4 aliphatic carbocycles. The molecule has 0 bridgehead atoms. The van der Waals surface area contributed by atoms with E-state index in [2.05, 4.69) is 42.5 Å². The van der Waals surface area contributed by atoms with E-state index in [0.717, 1.165) is 39.8 Å². The molecule has 6 rings (SSSR count). The Hall–Kier alpha value is -4.47. The second kappa shape index (κ2) is 7.30. The van der Waals surface area contributed by atoms with E-state index >= 15 is 0 Å². The van der Waals surface area contributed by atoms with Gasteiger partial charge in [-0.2, -0.15) is 10.5 Å². The molecule has 0 saturated heterocycles. The molecule has 0 aromatic heterocycles. The van der Waals surface area contributed by atoms with Gasteiger partial charge in [-0.25, -0.2) is 0 Å². The average molecular weight is 422 g/mol. The van der Waals surface area contributed by atoms with Gasteiger partial charge in [0, 0.05) is 17.1 Å². The summed E-state index contributed by atoms with van der Waals surface area (Å²) in [5.41, 5.74) is 10.2. The van der Waals surface area contributed by atoms with E-state index in [-0.39, 0.29) is 11.7 Å². The van der Waals surface area contributed by atoms with Crippen molar-refractivity contribution in [2.75, 3.05) is 0 Å². The number of nitriles is 2. The van der Waals surface area contributed by atoms with Crippen LogP contribution in [0, 0.1) is 22.7 Å². The predicted octanol–water partition coefficient (Wildman–Crippen LogP) is 6.20. The van der Waals surface area contributed by atoms with Crippen molar-refractivity contribution in [3.8, 4) is 12.1 Å². The number of rotatable bonds is 2. The number of nitrogens with zero attached hydrogens (tertiary/aromatic N) is 2. The lowest BCUT2D eigenvalue weighted by atomic mass is 9.83. The van der Waals surface area contributed by atoms with Gasteiger partial charge >= 0.3 is 0 Å². The van der Waals surface area contributed by atoms with Crippen LogP contribution >= 0.6 is 0 Å². The monoisotopic (exact) mass is 422 g/mol. The normalized spacial score (nSPS) is 20.1. The number of carbonyl (C=O) groups is 1. The first-order chi connectivity index (χ1) is 16.2. The minimum atomic E-state index is 0.0313. The zero-order chi connectivity index (χ0) is 22.5. The smallest absolute Gasteiger partial charge is 0.194 e. The fourth-order valence-corrected chi connectivity index (χ4v) is 5.49. The molecule has 0 saturated carbocycles. The summed E-state index contributed by atoms with van der Waals surface area (Å²) in [4.78, 5) is 14.1. The van der Waals surface area contributed by atoms with Crippen molar-refractivity contribution in [2.45, 2.75) is 18.8 Å². The molecule has 2 aromatic rings. The van der Waals surface area contributed by atoms with Crippen molar-refractivity contribution in [3.05, 3.63) is 123 Å². The van der Waals surface area contributed by atoms with E-state index in [1.54, 1.807) is 18.2 Å². The molecule has 0 spiro atoms. The summed E-state index contributed by atoms with van der Waals surface area (Å²) in [6, 6.07) is 18.0. The van der Waals surface area contributed by atoms with Gasteiger partial charge < -0.3 is 0 Å². The fraction of sp³-hybridized carbons (Fsp3) is 0.100. The van der Waals surface area contributed by atoms with Gasteiger partial charge in [-0.15, -0.1) is 0 Å². The minimum absolute atomic E-state index is 0.0313. The predicted molar refractivity (Wildman–Crippen MR) is 128 cm³/mol. The van der Waals surface area contributed by atoms with Crippen molar-refractivity contribution in [3.63, 3.8) is 0 Å². The Kier molecular flexibility index (Phi) is 4.25. The third-order valence-electron chi connectivity index (χ3n) is 6.87. The number of hydrogen-bond donors (Lipinski definition) is 0. The molecule has 0 N–H and O–H groups in total. The van der Waals surface area contributed by atoms with Crippen LogP contribution in [0.1, 0.15) is 46.6 Å². The third-order valence-corrected chi connectivity index (χ3v) is 6.87. The highest BCUT2D eigenvalue weighted by molar-refractivity contribution is 6.42. The molecule has 1 unspecified atom stereocenters. The standard InChI is InChI=1S/C30H18N2O/c31-16-18-4-1-5-21(13-10-18)26-28-23-8-2-6-20-7-3-9-24(25(20)23)29(28)27(30(26)33)22-14-11-19(17-32)12-15-22/h1-4,6-7,9-15,23H,5,8H2. The molecule has 0 amide bonds. The molecule has 33 heavy (non-hydrogen) atoms. The summed E-state index contributed by atoms with van der Waals surface area (Å²) in [6.07, 6.45) is 13.3. The van der Waals surface area contributed by atoms with E-state index < -0.39 is 0 Å². The molecule has 4 aliphatic rings. The van der Waals surface area contributed by atoms with Gasteiger partial charge in [-0.1, -0.05) is 54.6 Å². The highest BCUT2D eigenvalue weighted by Gasteiger charge is 2.45. The Morgan fingerprint density at radius 3 is 2.48 bits per heavy atom. The zero-order valence-corrected chi connectivity index (χ0v) is 17.8. The van der Waals surface area contributed by atoms with Gasteiger partial charge in [-0.3, -0.25) is 4.79 Å². The Balaban J connectivity index is 1.63. The molecule has 3 nitrogen and oxygen atoms in total. The zero-order valence-electron chi connectivity index (χ0n) is 17.8. The lowest BCUT2D eigenvalue weighted by Gasteiger charge is -2.20. The second-order valence-electron chi connectivity index (χ2n) is 8.59. The van der Waals surface area contributed by atoms with Crippen molar-refractivity contribution in [1.29, 1.82) is 10.5 Å². The molecular formula is C30H18N2O. The minimum Gasteiger partial charge on any atom is -0.289 e. The van der Waals surface area contributed by atoms with E-state index in [1.807, 2.05) is 30.4 Å². The third kappa shape index (κ3) is 2.77. The van der Waals surface area contributed by atoms with Gasteiger partial charge in [0.15, 0.2) is 5.78 Å². The SMILES string of the molecule is N#CC1=CC=C(C2=C3C(=C(c4ccc(C#N)cc4)C2=O)c2cccc4c2C3CC=C4)CC=C1. The molecule has 2 aromatic carbocycles. The van der Waals surface area contributed by atoms with Gasteiger partial charge in [0.2, 0.25) is 0 Å². The lowest BCUT2D eigenvalue weighted by Crippen LogP contribution is -2.09. The summed E-state index contributed by atoms with van der Waals surface area (Å²) < 4.78 is 0. The molecular weight excluding hydrogens is 404 g/mol. The number of ketones is 1. The molecule has 0 radical (unpaired) electrons. The van der Waals surface area contributed by atoms with Crippen LogP contribution in [0.2, 0.25) is 0 Å². The highest BCUT2D eigenvalue weighted by Crippen LogP contribution is 2.59. The van der Waals surface area contributed by atoms with Crippen molar-refractivity contribution >= 4 is 23.0 Å². The van der Waals surface area contributed by atoms with Gasteiger partial charge in [0.25, 0.3) is 0 Å². The maximum Gasteiger partial charge on any atom is 0.194 e. The Morgan fingerprint density at radius 1 is 0.848 bits per heavy atom. The number of carbonyl (C=O) groups excluding carboxylic acids is 1. The van der Waals surface area contributed by atoms with E-state index in [4.69, 9.17) is 0 Å². The Labute approximate surface area is 192 Å². The molecule has 154 valence electrons. The van der Waals surface area contributed by atoms with Crippen LogP contribution < -0.4 is 0 Å². The van der Waals surface area contributed by atoms with Gasteiger partial charge in [0.05, 0.1) is 23.3 Å². The van der Waals surface area contributed by atoms with Crippen LogP contribution in [0.3, 0.4) is 0 Å². The van der Waals surface area contributed by atoms with E-state index in [0.29, 0.717) is 23.1 Å². The molecule has 3 heteroatoms. The largest absolute Gasteiger partial charge is 0.289 e. The quantitative estimate of drug-likeness (QED) is 0.579. The summed E-state index contributed by atoms with van der Waals surface area (Å²) in [6.45, 7) is 0. The number of fused-ring (bicyclic) bond motifs is 3. The van der Waals surface area contributed by atoms with Crippen LogP contribution in [0.15, 0.2) is 95.1 Å². The van der Waals surface area contributed by atoms with Crippen LogP contribution in [-0.2, 0) is 4.79 Å². The van der Waals surface area contributed by atoms with Crippen LogP contribution in [0.5, 0.6) is 0 Å². The number of Topliss-reactive ketones (excluding diaryl/α,β-unsaturated/α-hetero) is 1. The first-order valence-corrected chi connectivity index (χ1v) is 11.0. The highest BCUT2D eigenvalue weighted by atomic mass is 16.1. The summed E-state index contributed by atoms with van der Waals surface area (Å²) in [7, 11) is 0. The molecule has 0 fully saturated rings. The number of benzene rings is 2. The summed E-state index contributed by atoms with van der Waals surface area (Å²) >= 11 is 0. The maximum absolute atomic E-state index is 14.1. The average Bonchev–Trinajstić information content (AvgIpc) is 3.20. The van der Waals surface area contributed by atoms with Crippen molar-refractivity contribution < 1.29 is 4.79 Å². The second-order valence-corrected chi connectivity index (χ2v) is 8.59. The van der Waals surface area contributed by atoms with Crippen LogP contribution in [0.4, 0.5) is 0 Å². The maximum atomic E-state index is 14.1. The summed E-state index contributed by atoms with van der Waals surface area (Å²) in [5, 5.41) is 18.5. The first kappa shape index (κ1) is 19.2. The van der Waals surface area contributed by atoms with Crippen molar-refractivity contribution in [1.82, 2.24) is 0 Å². The molecule has 1 atom stereocenters. The van der Waals surface area contributed by atoms with E-state index in [1.165, 1.54) is 11.1 Å². The first-order valence-electron chi connectivity index (χ1n) is 11.0. The van der Waals surface area contributed by atoms with E-state index in [9.17, 15) is 15.3 Å². The fourth-order valence-electron chi connectivity index (χ4n) is 5.49. The van der Waals surface area contributed by atoms with Crippen LogP contribution in [0.25, 0.3) is 17.2 Å². The Morgan fingerprint density at radius 2 is 1.70 bits per heavy atom. The molecule has 0 aliphatic heterocycles. The van der Waals surface area contributed by atoms with Crippen molar-refractivity contribution in [2.24, 2.45) is 0 Å². The van der Waals surface area contributed by atoms with Gasteiger partial charge in [-0.05, 0) is 76.1 Å². The number of allylic oxidation sites excluding steroid dienone is 11. The number of hydrogen-bond acceptors (Lipinski definition) is 3. The summed E-state index contributed by atoms with van der Waals surface area (Å²) in [5.74, 6) is 0.183. The van der Waals surface area contributed by atoms with Crippen LogP contribution in [-0.4, -0.2) is 5.78 Å². The lowest BCUT2D eigenvalue weighted by molar-refractivity contribution is -0.110.